The molecule has 0 spiro atoms. The van der Waals surface area contributed by atoms with Gasteiger partial charge in [-0.1, -0.05) is 44.4 Å². The van der Waals surface area contributed by atoms with Gasteiger partial charge in [0.25, 0.3) is 0 Å². The van der Waals surface area contributed by atoms with Crippen LogP contribution in [0.3, 0.4) is 0 Å². The Morgan fingerprint density at radius 2 is 1.79 bits per heavy atom. The third-order valence-electron chi connectivity index (χ3n) is 4.13. The van der Waals surface area contributed by atoms with Crippen LogP contribution < -0.4 is 4.72 Å². The molecule has 19 heavy (non-hydrogen) atoms. The number of hydrogen-bond donors (Lipinski definition) is 1. The van der Waals surface area contributed by atoms with Gasteiger partial charge in [-0.25, -0.2) is 13.1 Å². The van der Waals surface area contributed by atoms with Crippen molar-refractivity contribution in [2.24, 2.45) is 5.41 Å². The van der Waals surface area contributed by atoms with Gasteiger partial charge in [-0.05, 0) is 36.8 Å². The second-order valence-electron chi connectivity index (χ2n) is 5.96. The molecule has 1 aromatic carbocycles. The summed E-state index contributed by atoms with van der Waals surface area (Å²) >= 11 is 0. The minimum Gasteiger partial charge on any atom is -0.211 e. The van der Waals surface area contributed by atoms with Gasteiger partial charge in [0.1, 0.15) is 0 Å². The molecule has 0 amide bonds. The molecule has 0 saturated heterocycles. The van der Waals surface area contributed by atoms with Gasteiger partial charge in [0, 0.05) is 6.54 Å². The third-order valence-corrected chi connectivity index (χ3v) is 5.69. The molecule has 3 nitrogen and oxygen atoms in total. The van der Waals surface area contributed by atoms with E-state index in [1.54, 1.807) is 12.1 Å². The molecule has 0 unspecified atom stereocenters. The number of sulfonamides is 1. The van der Waals surface area contributed by atoms with E-state index in [4.69, 9.17) is 0 Å². The zero-order chi connectivity index (χ0) is 13.9. The van der Waals surface area contributed by atoms with Crippen LogP contribution in [-0.2, 0) is 10.0 Å². The number of aryl methyl sites for hydroxylation is 1. The molecule has 0 aromatic heterocycles. The molecule has 0 heterocycles. The summed E-state index contributed by atoms with van der Waals surface area (Å²) in [4.78, 5) is 0.398. The summed E-state index contributed by atoms with van der Waals surface area (Å²) in [5, 5.41) is 0. The zero-order valence-corrected chi connectivity index (χ0v) is 12.6. The lowest BCUT2D eigenvalue weighted by Crippen LogP contribution is -2.37. The lowest BCUT2D eigenvalue weighted by Gasteiger charge is -2.33. The number of rotatable bonds is 4. The molecule has 1 fully saturated rings. The van der Waals surface area contributed by atoms with Crippen molar-refractivity contribution in [3.05, 3.63) is 29.8 Å². The lowest BCUT2D eigenvalue weighted by atomic mass is 9.76. The maximum Gasteiger partial charge on any atom is 0.240 e. The van der Waals surface area contributed by atoms with Crippen LogP contribution in [0.15, 0.2) is 29.2 Å². The fraction of sp³-hybridized carbons (Fsp3) is 0.600. The van der Waals surface area contributed by atoms with Crippen LogP contribution in [0.25, 0.3) is 0 Å². The van der Waals surface area contributed by atoms with Gasteiger partial charge in [0.15, 0.2) is 0 Å². The molecular weight excluding hydrogens is 258 g/mol. The average molecular weight is 281 g/mol. The van der Waals surface area contributed by atoms with Crippen molar-refractivity contribution < 1.29 is 8.42 Å². The first kappa shape index (κ1) is 14.5. The van der Waals surface area contributed by atoms with Gasteiger partial charge in [0.05, 0.1) is 4.90 Å². The first-order valence-corrected chi connectivity index (χ1v) is 8.47. The van der Waals surface area contributed by atoms with E-state index in [1.165, 1.54) is 19.3 Å². The predicted octanol–water partition coefficient (Wildman–Crippen LogP) is 3.24. The Bertz CT molecular complexity index is 531. The quantitative estimate of drug-likeness (QED) is 0.921. The third kappa shape index (κ3) is 3.57. The molecule has 2 rings (SSSR count). The lowest BCUT2D eigenvalue weighted by molar-refractivity contribution is 0.219. The maximum atomic E-state index is 12.3. The van der Waals surface area contributed by atoms with Crippen LogP contribution in [0.4, 0.5) is 0 Å². The predicted molar refractivity (Wildman–Crippen MR) is 77.6 cm³/mol. The van der Waals surface area contributed by atoms with E-state index in [0.717, 1.165) is 18.4 Å². The van der Waals surface area contributed by atoms with E-state index in [1.807, 2.05) is 19.1 Å². The number of nitrogens with one attached hydrogen (secondary N) is 1. The van der Waals surface area contributed by atoms with Crippen molar-refractivity contribution in [3.8, 4) is 0 Å². The van der Waals surface area contributed by atoms with Crippen LogP contribution >= 0.6 is 0 Å². The number of hydrogen-bond acceptors (Lipinski definition) is 2. The Hall–Kier alpha value is -0.870. The molecule has 0 bridgehead atoms. The highest BCUT2D eigenvalue weighted by Crippen LogP contribution is 2.35. The van der Waals surface area contributed by atoms with Crippen molar-refractivity contribution in [2.45, 2.75) is 50.8 Å². The SMILES string of the molecule is Cc1ccccc1S(=O)(=O)NCC1(C)CCCCC1. The van der Waals surface area contributed by atoms with Gasteiger partial charge >= 0.3 is 0 Å². The zero-order valence-electron chi connectivity index (χ0n) is 11.8. The van der Waals surface area contributed by atoms with Crippen molar-refractivity contribution in [1.29, 1.82) is 0 Å². The Morgan fingerprint density at radius 1 is 1.16 bits per heavy atom. The van der Waals surface area contributed by atoms with Crippen LogP contribution in [0.5, 0.6) is 0 Å². The standard InChI is InChI=1S/C15H23NO2S/c1-13-8-4-5-9-14(13)19(17,18)16-12-15(2)10-6-3-7-11-15/h4-5,8-9,16H,3,6-7,10-12H2,1-2H3. The summed E-state index contributed by atoms with van der Waals surface area (Å²) in [6, 6.07) is 7.12. The minimum absolute atomic E-state index is 0.119. The monoisotopic (exact) mass is 281 g/mol. The summed E-state index contributed by atoms with van der Waals surface area (Å²) in [6.07, 6.45) is 5.93. The summed E-state index contributed by atoms with van der Waals surface area (Å²) in [5.41, 5.74) is 0.914. The smallest absolute Gasteiger partial charge is 0.211 e. The van der Waals surface area contributed by atoms with E-state index in [2.05, 4.69) is 11.6 Å². The Morgan fingerprint density at radius 3 is 2.42 bits per heavy atom. The van der Waals surface area contributed by atoms with Crippen LogP contribution in [-0.4, -0.2) is 15.0 Å². The summed E-state index contributed by atoms with van der Waals surface area (Å²) in [7, 11) is -3.38. The van der Waals surface area contributed by atoms with Gasteiger partial charge < -0.3 is 0 Å². The van der Waals surface area contributed by atoms with Crippen molar-refractivity contribution in [3.63, 3.8) is 0 Å². The van der Waals surface area contributed by atoms with Gasteiger partial charge in [-0.15, -0.1) is 0 Å². The van der Waals surface area contributed by atoms with E-state index < -0.39 is 10.0 Å². The van der Waals surface area contributed by atoms with E-state index in [-0.39, 0.29) is 5.41 Å². The minimum atomic E-state index is -3.38. The molecule has 1 aromatic rings. The van der Waals surface area contributed by atoms with Gasteiger partial charge in [-0.3, -0.25) is 0 Å². The largest absolute Gasteiger partial charge is 0.240 e. The van der Waals surface area contributed by atoms with Crippen molar-refractivity contribution in [1.82, 2.24) is 4.72 Å². The second-order valence-corrected chi connectivity index (χ2v) is 7.70. The first-order valence-electron chi connectivity index (χ1n) is 6.98. The van der Waals surface area contributed by atoms with Gasteiger partial charge in [-0.2, -0.15) is 0 Å². The van der Waals surface area contributed by atoms with Crippen LogP contribution in [0, 0.1) is 12.3 Å². The summed E-state index contributed by atoms with van der Waals surface area (Å²) < 4.78 is 27.5. The van der Waals surface area contributed by atoms with E-state index >= 15 is 0 Å². The average Bonchev–Trinajstić information content (AvgIpc) is 2.38. The molecule has 1 aliphatic rings. The van der Waals surface area contributed by atoms with E-state index in [9.17, 15) is 8.42 Å². The molecule has 1 N–H and O–H groups in total. The topological polar surface area (TPSA) is 46.2 Å². The van der Waals surface area contributed by atoms with E-state index in [0.29, 0.717) is 11.4 Å². The molecule has 0 radical (unpaired) electrons. The molecule has 1 aliphatic carbocycles. The highest BCUT2D eigenvalue weighted by molar-refractivity contribution is 7.89. The molecule has 4 heteroatoms. The van der Waals surface area contributed by atoms with Crippen molar-refractivity contribution >= 4 is 10.0 Å². The van der Waals surface area contributed by atoms with Gasteiger partial charge in [0.2, 0.25) is 10.0 Å². The normalized spacial score (nSPS) is 19.3. The maximum absolute atomic E-state index is 12.3. The van der Waals surface area contributed by atoms with Crippen LogP contribution in [0.2, 0.25) is 0 Å². The fourth-order valence-corrected chi connectivity index (χ4v) is 4.23. The fourth-order valence-electron chi connectivity index (χ4n) is 2.79. The van der Waals surface area contributed by atoms with Crippen LogP contribution in [0.1, 0.15) is 44.6 Å². The highest BCUT2D eigenvalue weighted by atomic mass is 32.2. The highest BCUT2D eigenvalue weighted by Gasteiger charge is 2.29. The molecular formula is C15H23NO2S. The number of benzene rings is 1. The first-order chi connectivity index (χ1) is 8.93. The Kier molecular flexibility index (Phi) is 4.31. The molecule has 0 atom stereocenters. The Labute approximate surface area is 116 Å². The summed E-state index contributed by atoms with van der Waals surface area (Å²) in [5.74, 6) is 0. The Balaban J connectivity index is 2.08. The summed E-state index contributed by atoms with van der Waals surface area (Å²) in [6.45, 7) is 4.56. The van der Waals surface area contributed by atoms with Crippen molar-refractivity contribution in [2.75, 3.05) is 6.54 Å². The molecule has 1 saturated carbocycles. The molecule has 106 valence electrons. The second kappa shape index (κ2) is 5.63. The molecule has 0 aliphatic heterocycles.